The van der Waals surface area contributed by atoms with Crippen LogP contribution in [-0.4, -0.2) is 18.2 Å². The zero-order chi connectivity index (χ0) is 13.4. The van der Waals surface area contributed by atoms with Crippen LogP contribution in [0.2, 0.25) is 0 Å². The lowest BCUT2D eigenvalue weighted by Crippen LogP contribution is -2.33. The van der Waals surface area contributed by atoms with Gasteiger partial charge in [-0.05, 0) is 32.3 Å². The number of carbonyl (C=O) groups is 1. The molecule has 0 aliphatic rings. The summed E-state index contributed by atoms with van der Waals surface area (Å²) in [5.74, 6) is 0. The lowest BCUT2D eigenvalue weighted by atomic mass is 10.0. The Hall–Kier alpha value is -1.55. The third-order valence-electron chi connectivity index (χ3n) is 2.48. The summed E-state index contributed by atoms with van der Waals surface area (Å²) in [6, 6.07) is 9.60. The highest BCUT2D eigenvalue weighted by molar-refractivity contribution is 5.67. The van der Waals surface area contributed by atoms with E-state index in [0.29, 0.717) is 13.2 Å². The SMILES string of the molecule is CC(C)(N)CCCNC(=O)OCc1ccccc1. The van der Waals surface area contributed by atoms with E-state index in [-0.39, 0.29) is 11.6 Å². The minimum atomic E-state index is -0.381. The second-order valence-corrected chi connectivity index (χ2v) is 5.08. The molecule has 0 aliphatic carbocycles. The number of rotatable bonds is 6. The average Bonchev–Trinajstić information content (AvgIpc) is 2.32. The van der Waals surface area contributed by atoms with Gasteiger partial charge in [-0.15, -0.1) is 0 Å². The highest BCUT2D eigenvalue weighted by atomic mass is 16.5. The molecule has 1 aromatic carbocycles. The molecule has 4 heteroatoms. The molecule has 0 saturated carbocycles. The van der Waals surface area contributed by atoms with Crippen molar-refractivity contribution in [2.24, 2.45) is 5.73 Å². The van der Waals surface area contributed by atoms with Crippen LogP contribution in [0.3, 0.4) is 0 Å². The minimum Gasteiger partial charge on any atom is -0.445 e. The highest BCUT2D eigenvalue weighted by Gasteiger charge is 2.10. The summed E-state index contributed by atoms with van der Waals surface area (Å²) in [4.78, 5) is 11.4. The van der Waals surface area contributed by atoms with Crippen LogP contribution in [0.5, 0.6) is 0 Å². The number of hydrogen-bond donors (Lipinski definition) is 2. The lowest BCUT2D eigenvalue weighted by molar-refractivity contribution is 0.139. The van der Waals surface area contributed by atoms with Crippen molar-refractivity contribution >= 4 is 6.09 Å². The van der Waals surface area contributed by atoms with E-state index in [0.717, 1.165) is 18.4 Å². The molecule has 1 aromatic rings. The molecule has 0 atom stereocenters. The van der Waals surface area contributed by atoms with Gasteiger partial charge in [-0.25, -0.2) is 4.79 Å². The molecule has 1 amide bonds. The molecule has 100 valence electrons. The molecular formula is C14H22N2O2. The Morgan fingerprint density at radius 3 is 2.61 bits per heavy atom. The third-order valence-corrected chi connectivity index (χ3v) is 2.48. The van der Waals surface area contributed by atoms with Gasteiger partial charge in [0.05, 0.1) is 0 Å². The van der Waals surface area contributed by atoms with Crippen molar-refractivity contribution in [1.82, 2.24) is 5.32 Å². The number of nitrogens with one attached hydrogen (secondary N) is 1. The standard InChI is InChI=1S/C14H22N2O2/c1-14(2,15)9-6-10-16-13(17)18-11-12-7-4-3-5-8-12/h3-5,7-8H,6,9-11,15H2,1-2H3,(H,16,17). The van der Waals surface area contributed by atoms with Crippen LogP contribution in [0.4, 0.5) is 4.79 Å². The second-order valence-electron chi connectivity index (χ2n) is 5.08. The second kappa shape index (κ2) is 7.01. The van der Waals surface area contributed by atoms with Crippen molar-refractivity contribution in [3.8, 4) is 0 Å². The fourth-order valence-corrected chi connectivity index (χ4v) is 1.51. The third kappa shape index (κ3) is 6.91. The maximum atomic E-state index is 11.4. The first kappa shape index (κ1) is 14.5. The maximum absolute atomic E-state index is 11.4. The Morgan fingerprint density at radius 2 is 2.00 bits per heavy atom. The van der Waals surface area contributed by atoms with Gasteiger partial charge in [0, 0.05) is 12.1 Å². The Bertz CT molecular complexity index is 358. The van der Waals surface area contributed by atoms with Gasteiger partial charge in [0.2, 0.25) is 0 Å². The largest absolute Gasteiger partial charge is 0.445 e. The van der Waals surface area contributed by atoms with Crippen LogP contribution < -0.4 is 11.1 Å². The van der Waals surface area contributed by atoms with Gasteiger partial charge in [0.1, 0.15) is 6.61 Å². The molecule has 0 aromatic heterocycles. The van der Waals surface area contributed by atoms with Crippen molar-refractivity contribution in [2.75, 3.05) is 6.54 Å². The van der Waals surface area contributed by atoms with Crippen molar-refractivity contribution < 1.29 is 9.53 Å². The van der Waals surface area contributed by atoms with E-state index >= 15 is 0 Å². The van der Waals surface area contributed by atoms with E-state index in [1.54, 1.807) is 0 Å². The van der Waals surface area contributed by atoms with E-state index in [4.69, 9.17) is 10.5 Å². The van der Waals surface area contributed by atoms with E-state index in [9.17, 15) is 4.79 Å². The van der Waals surface area contributed by atoms with Crippen molar-refractivity contribution in [2.45, 2.75) is 38.8 Å². The summed E-state index contributed by atoms with van der Waals surface area (Å²) >= 11 is 0. The van der Waals surface area contributed by atoms with Gasteiger partial charge in [0.15, 0.2) is 0 Å². The number of benzene rings is 1. The van der Waals surface area contributed by atoms with E-state index in [1.165, 1.54) is 0 Å². The lowest BCUT2D eigenvalue weighted by Gasteiger charge is -2.17. The predicted molar refractivity (Wildman–Crippen MR) is 72.1 cm³/mol. The molecule has 0 spiro atoms. The van der Waals surface area contributed by atoms with Crippen LogP contribution in [0.1, 0.15) is 32.3 Å². The van der Waals surface area contributed by atoms with Gasteiger partial charge in [0.25, 0.3) is 0 Å². The molecule has 0 unspecified atom stereocenters. The molecule has 0 fully saturated rings. The van der Waals surface area contributed by atoms with E-state index in [1.807, 2.05) is 44.2 Å². The van der Waals surface area contributed by atoms with Gasteiger partial charge in [-0.1, -0.05) is 30.3 Å². The normalized spacial score (nSPS) is 11.1. The van der Waals surface area contributed by atoms with E-state index < -0.39 is 0 Å². The zero-order valence-electron chi connectivity index (χ0n) is 11.1. The molecule has 18 heavy (non-hydrogen) atoms. The van der Waals surface area contributed by atoms with Crippen LogP contribution in [-0.2, 0) is 11.3 Å². The van der Waals surface area contributed by atoms with Crippen molar-refractivity contribution in [3.63, 3.8) is 0 Å². The molecule has 0 saturated heterocycles. The molecule has 0 heterocycles. The number of hydrogen-bond acceptors (Lipinski definition) is 3. The Balaban J connectivity index is 2.11. The van der Waals surface area contributed by atoms with Gasteiger partial charge < -0.3 is 15.8 Å². The quantitative estimate of drug-likeness (QED) is 0.762. The summed E-state index contributed by atoms with van der Waals surface area (Å²) in [7, 11) is 0. The van der Waals surface area contributed by atoms with Gasteiger partial charge in [-0.3, -0.25) is 0 Å². The first-order chi connectivity index (χ1) is 8.47. The Kier molecular flexibility index (Phi) is 5.65. The minimum absolute atomic E-state index is 0.185. The predicted octanol–water partition coefficient (Wildman–Crippen LogP) is 2.43. The Morgan fingerprint density at radius 1 is 1.33 bits per heavy atom. The van der Waals surface area contributed by atoms with Gasteiger partial charge in [-0.2, -0.15) is 0 Å². The van der Waals surface area contributed by atoms with Crippen molar-refractivity contribution in [1.29, 1.82) is 0 Å². The fraction of sp³-hybridized carbons (Fsp3) is 0.500. The number of carbonyl (C=O) groups excluding carboxylic acids is 1. The zero-order valence-corrected chi connectivity index (χ0v) is 11.1. The highest BCUT2D eigenvalue weighted by Crippen LogP contribution is 2.05. The Labute approximate surface area is 109 Å². The summed E-state index contributed by atoms with van der Waals surface area (Å²) in [5, 5.41) is 2.71. The van der Waals surface area contributed by atoms with Crippen LogP contribution >= 0.6 is 0 Å². The smallest absolute Gasteiger partial charge is 0.407 e. The summed E-state index contributed by atoms with van der Waals surface area (Å²) in [6.45, 7) is 4.84. The summed E-state index contributed by atoms with van der Waals surface area (Å²) < 4.78 is 5.08. The molecular weight excluding hydrogens is 228 g/mol. The number of nitrogens with two attached hydrogens (primary N) is 1. The number of amides is 1. The molecule has 0 aliphatic heterocycles. The molecule has 4 nitrogen and oxygen atoms in total. The van der Waals surface area contributed by atoms with Crippen molar-refractivity contribution in [3.05, 3.63) is 35.9 Å². The molecule has 1 rings (SSSR count). The van der Waals surface area contributed by atoms with Gasteiger partial charge >= 0.3 is 6.09 Å². The molecule has 0 bridgehead atoms. The van der Waals surface area contributed by atoms with E-state index in [2.05, 4.69) is 5.32 Å². The summed E-state index contributed by atoms with van der Waals surface area (Å²) in [5.41, 5.74) is 6.64. The monoisotopic (exact) mass is 250 g/mol. The first-order valence-electron chi connectivity index (χ1n) is 6.21. The van der Waals surface area contributed by atoms with Crippen LogP contribution in [0.15, 0.2) is 30.3 Å². The number of ether oxygens (including phenoxy) is 1. The molecule has 3 N–H and O–H groups in total. The van der Waals surface area contributed by atoms with Crippen LogP contribution in [0, 0.1) is 0 Å². The fourth-order valence-electron chi connectivity index (χ4n) is 1.51. The average molecular weight is 250 g/mol. The summed E-state index contributed by atoms with van der Waals surface area (Å²) in [6.07, 6.45) is 1.34. The number of alkyl carbamates (subject to hydrolysis) is 1. The first-order valence-corrected chi connectivity index (χ1v) is 6.21. The molecule has 0 radical (unpaired) electrons. The van der Waals surface area contributed by atoms with Crippen LogP contribution in [0.25, 0.3) is 0 Å². The maximum Gasteiger partial charge on any atom is 0.407 e. The topological polar surface area (TPSA) is 64.3 Å².